The summed E-state index contributed by atoms with van der Waals surface area (Å²) >= 11 is 0. The third-order valence-electron chi connectivity index (χ3n) is 4.29. The molecule has 0 N–H and O–H groups in total. The molecule has 1 atom stereocenters. The molecule has 0 aromatic carbocycles. The number of alkyl halides is 2. The molecule has 22 heavy (non-hydrogen) atoms. The maximum absolute atomic E-state index is 12.8. The summed E-state index contributed by atoms with van der Waals surface area (Å²) in [6, 6.07) is 0. The molecule has 130 valence electrons. The topological polar surface area (TPSA) is 74.8 Å². The molecule has 2 fully saturated rings. The molecule has 0 spiro atoms. The Balaban J connectivity index is 2.02. The summed E-state index contributed by atoms with van der Waals surface area (Å²) in [5, 5.41) is -0.770. The summed E-state index contributed by atoms with van der Waals surface area (Å²) in [7, 11) is -4.39. The van der Waals surface area contributed by atoms with Gasteiger partial charge in [0.05, 0.1) is 11.0 Å². The molecule has 1 unspecified atom stereocenters. The quantitative estimate of drug-likeness (QED) is 0.724. The van der Waals surface area contributed by atoms with Crippen LogP contribution in [0, 0.1) is 5.92 Å². The van der Waals surface area contributed by atoms with Gasteiger partial charge in [-0.25, -0.2) is 34.2 Å². The van der Waals surface area contributed by atoms with Gasteiger partial charge in [-0.1, -0.05) is 0 Å². The third kappa shape index (κ3) is 3.77. The van der Waals surface area contributed by atoms with Crippen molar-refractivity contribution < 1.29 is 25.6 Å². The highest BCUT2D eigenvalue weighted by Gasteiger charge is 2.48. The number of nitrogens with zero attached hydrogens (tertiary/aromatic N) is 2. The second kappa shape index (κ2) is 5.95. The highest BCUT2D eigenvalue weighted by molar-refractivity contribution is 7.90. The predicted octanol–water partition coefficient (Wildman–Crippen LogP) is 0.717. The van der Waals surface area contributed by atoms with Crippen molar-refractivity contribution in [1.82, 2.24) is 8.61 Å². The second-order valence-electron chi connectivity index (χ2n) is 6.36. The minimum atomic E-state index is -3.70. The fourth-order valence-corrected chi connectivity index (χ4v) is 6.39. The molecular weight excluding hydrogens is 338 g/mol. The van der Waals surface area contributed by atoms with Gasteiger partial charge in [0.2, 0.25) is 26.0 Å². The molecule has 1 heterocycles. The van der Waals surface area contributed by atoms with Crippen molar-refractivity contribution in [3.63, 3.8) is 0 Å². The van der Waals surface area contributed by atoms with Crippen LogP contribution in [0.2, 0.25) is 0 Å². The van der Waals surface area contributed by atoms with Gasteiger partial charge in [-0.15, -0.1) is 0 Å². The van der Waals surface area contributed by atoms with Gasteiger partial charge in [0.25, 0.3) is 0 Å². The van der Waals surface area contributed by atoms with Crippen LogP contribution in [0.5, 0.6) is 0 Å². The standard InChI is InChI=1S/C12H22F2N2O4S2/c1-15(2)22(19,20)11-4-3-5-16(8-11)21(17,18)9-10-6-12(13,14)7-10/h10-11H,3-9H2,1-2H3. The van der Waals surface area contributed by atoms with Crippen LogP contribution in [0.3, 0.4) is 0 Å². The molecule has 1 saturated carbocycles. The zero-order valence-corrected chi connectivity index (χ0v) is 14.3. The van der Waals surface area contributed by atoms with Crippen molar-refractivity contribution in [2.24, 2.45) is 5.92 Å². The molecule has 10 heteroatoms. The van der Waals surface area contributed by atoms with Crippen molar-refractivity contribution in [3.8, 4) is 0 Å². The van der Waals surface area contributed by atoms with E-state index in [1.54, 1.807) is 0 Å². The van der Waals surface area contributed by atoms with Crippen molar-refractivity contribution in [2.45, 2.75) is 36.9 Å². The predicted molar refractivity (Wildman–Crippen MR) is 78.7 cm³/mol. The van der Waals surface area contributed by atoms with E-state index in [4.69, 9.17) is 0 Å². The van der Waals surface area contributed by atoms with Gasteiger partial charge < -0.3 is 0 Å². The molecule has 0 bridgehead atoms. The van der Waals surface area contributed by atoms with E-state index in [2.05, 4.69) is 0 Å². The summed E-state index contributed by atoms with van der Waals surface area (Å²) < 4.78 is 76.8. The average molecular weight is 360 g/mol. The normalized spacial score (nSPS) is 27.8. The van der Waals surface area contributed by atoms with Crippen molar-refractivity contribution in [1.29, 1.82) is 0 Å². The minimum Gasteiger partial charge on any atom is -0.212 e. The Hall–Kier alpha value is -0.320. The van der Waals surface area contributed by atoms with E-state index in [-0.39, 0.29) is 18.8 Å². The average Bonchev–Trinajstić information content (AvgIpc) is 2.36. The van der Waals surface area contributed by atoms with Gasteiger partial charge in [-0.3, -0.25) is 0 Å². The smallest absolute Gasteiger partial charge is 0.212 e. The number of rotatable bonds is 5. The summed E-state index contributed by atoms with van der Waals surface area (Å²) in [5.74, 6) is -3.61. The summed E-state index contributed by atoms with van der Waals surface area (Å²) in [6.45, 7) is 0.164. The van der Waals surface area contributed by atoms with Gasteiger partial charge in [0, 0.05) is 40.0 Å². The van der Waals surface area contributed by atoms with Gasteiger partial charge in [-0.05, 0) is 18.8 Å². The Labute approximate surface area is 130 Å². The molecule has 0 aromatic rings. The Morgan fingerprint density at radius 1 is 1.18 bits per heavy atom. The van der Waals surface area contributed by atoms with Crippen LogP contribution >= 0.6 is 0 Å². The first-order chi connectivity index (χ1) is 9.94. The van der Waals surface area contributed by atoms with Crippen LogP contribution in [0.1, 0.15) is 25.7 Å². The van der Waals surface area contributed by atoms with Gasteiger partial charge in [0.1, 0.15) is 0 Å². The molecule has 1 aliphatic carbocycles. The molecule has 1 saturated heterocycles. The number of hydrogen-bond donors (Lipinski definition) is 0. The lowest BCUT2D eigenvalue weighted by molar-refractivity contribution is -0.103. The molecule has 0 amide bonds. The maximum atomic E-state index is 12.8. The van der Waals surface area contributed by atoms with E-state index < -0.39 is 50.0 Å². The van der Waals surface area contributed by atoms with E-state index in [1.807, 2.05) is 0 Å². The number of halogens is 2. The van der Waals surface area contributed by atoms with E-state index >= 15 is 0 Å². The fourth-order valence-electron chi connectivity index (χ4n) is 3.00. The zero-order valence-electron chi connectivity index (χ0n) is 12.7. The summed E-state index contributed by atoms with van der Waals surface area (Å²) in [4.78, 5) is 0. The summed E-state index contributed by atoms with van der Waals surface area (Å²) in [5.41, 5.74) is 0. The molecule has 0 aromatic heterocycles. The Bertz CT molecular complexity index is 611. The largest absolute Gasteiger partial charge is 0.248 e. The van der Waals surface area contributed by atoms with E-state index in [9.17, 15) is 25.6 Å². The zero-order chi connectivity index (χ0) is 16.8. The maximum Gasteiger partial charge on any atom is 0.248 e. The first-order valence-electron chi connectivity index (χ1n) is 7.21. The van der Waals surface area contributed by atoms with Gasteiger partial charge >= 0.3 is 0 Å². The van der Waals surface area contributed by atoms with Crippen LogP contribution < -0.4 is 0 Å². The van der Waals surface area contributed by atoms with Crippen LogP contribution in [0.15, 0.2) is 0 Å². The van der Waals surface area contributed by atoms with Gasteiger partial charge in [-0.2, -0.15) is 0 Å². The lowest BCUT2D eigenvalue weighted by Crippen LogP contribution is -2.50. The lowest BCUT2D eigenvalue weighted by atomic mass is 9.83. The molecular formula is C12H22F2N2O4S2. The second-order valence-corrected chi connectivity index (χ2v) is 10.8. The van der Waals surface area contributed by atoms with Crippen molar-refractivity contribution in [3.05, 3.63) is 0 Å². The first kappa shape index (κ1) is 18.0. The van der Waals surface area contributed by atoms with E-state index in [0.29, 0.717) is 12.8 Å². The SMILES string of the molecule is CN(C)S(=O)(=O)C1CCCN(S(=O)(=O)CC2CC(F)(F)C2)C1. The molecule has 0 radical (unpaired) electrons. The highest BCUT2D eigenvalue weighted by Crippen LogP contribution is 2.43. The highest BCUT2D eigenvalue weighted by atomic mass is 32.2. The van der Waals surface area contributed by atoms with E-state index in [0.717, 1.165) is 8.61 Å². The Kier molecular flexibility index (Phi) is 4.88. The van der Waals surface area contributed by atoms with Crippen LogP contribution in [-0.2, 0) is 20.0 Å². The monoisotopic (exact) mass is 360 g/mol. The van der Waals surface area contributed by atoms with Crippen molar-refractivity contribution >= 4 is 20.0 Å². The molecule has 1 aliphatic heterocycles. The van der Waals surface area contributed by atoms with Crippen LogP contribution in [0.25, 0.3) is 0 Å². The molecule has 2 aliphatic rings. The molecule has 2 rings (SSSR count). The summed E-state index contributed by atoms with van der Waals surface area (Å²) in [6.07, 6.45) is 0.0603. The molecule has 6 nitrogen and oxygen atoms in total. The third-order valence-corrected chi connectivity index (χ3v) is 8.54. The first-order valence-corrected chi connectivity index (χ1v) is 10.3. The number of piperidine rings is 1. The van der Waals surface area contributed by atoms with E-state index in [1.165, 1.54) is 14.1 Å². The van der Waals surface area contributed by atoms with Crippen LogP contribution in [-0.4, -0.2) is 69.6 Å². The number of sulfonamides is 2. The van der Waals surface area contributed by atoms with Crippen LogP contribution in [0.4, 0.5) is 8.78 Å². The van der Waals surface area contributed by atoms with Crippen molar-refractivity contribution in [2.75, 3.05) is 32.9 Å². The Morgan fingerprint density at radius 3 is 2.27 bits per heavy atom. The number of hydrogen-bond acceptors (Lipinski definition) is 4. The fraction of sp³-hybridized carbons (Fsp3) is 1.00. The minimum absolute atomic E-state index is 0.0913. The van der Waals surface area contributed by atoms with Gasteiger partial charge in [0.15, 0.2) is 0 Å². The Morgan fingerprint density at radius 2 is 1.77 bits per heavy atom. The lowest BCUT2D eigenvalue weighted by Gasteiger charge is -2.37.